The van der Waals surface area contributed by atoms with Crippen molar-refractivity contribution in [3.8, 4) is 5.75 Å². The van der Waals surface area contributed by atoms with Crippen LogP contribution >= 0.6 is 0 Å². The molecular weight excluding hydrogens is 164 g/mol. The summed E-state index contributed by atoms with van der Waals surface area (Å²) in [6.07, 6.45) is 0. The van der Waals surface area contributed by atoms with Gasteiger partial charge in [-0.05, 0) is 12.1 Å². The molecule has 0 aliphatic rings. The molecule has 0 heterocycles. The van der Waals surface area contributed by atoms with Gasteiger partial charge in [-0.25, -0.2) is 4.79 Å². The minimum absolute atomic E-state index is 0.0671. The van der Waals surface area contributed by atoms with E-state index in [4.69, 9.17) is 20.7 Å². The number of carboxylic acids is 1. The summed E-state index contributed by atoms with van der Waals surface area (Å²) in [7, 11) is 0. The highest BCUT2D eigenvalue weighted by Crippen LogP contribution is 2.14. The Bertz CT molecular complexity index is 258. The van der Waals surface area contributed by atoms with Gasteiger partial charge in [0.1, 0.15) is 11.3 Å². The molecule has 0 bridgehead atoms. The van der Waals surface area contributed by atoms with Crippen LogP contribution in [0.4, 0.5) is 0 Å². The second-order valence-corrected chi connectivity index (χ2v) is 1.82. The molecule has 5 heteroatoms. The van der Waals surface area contributed by atoms with Gasteiger partial charge < -0.3 is 10.2 Å². The number of benzene rings is 1. The summed E-state index contributed by atoms with van der Waals surface area (Å²) in [6.45, 7) is 0. The number of carbonyl (C=O) groups is 1. The van der Waals surface area contributed by atoms with E-state index in [0.29, 0.717) is 0 Å². The number of carboxylic acid groups (broad SMARTS) is 1. The molecule has 0 aliphatic heterocycles. The van der Waals surface area contributed by atoms with E-state index in [2.05, 4.69) is 0 Å². The predicted octanol–water partition coefficient (Wildman–Crippen LogP) is 1.11. The smallest absolute Gasteiger partial charge is 0.339 e. The maximum Gasteiger partial charge on any atom is 0.339 e. The molecule has 1 aromatic carbocycles. The highest BCUT2D eigenvalue weighted by molar-refractivity contribution is 5.90. The van der Waals surface area contributed by atoms with Crippen molar-refractivity contribution in [2.45, 2.75) is 0 Å². The quantitative estimate of drug-likeness (QED) is 0.375. The summed E-state index contributed by atoms with van der Waals surface area (Å²) in [5.41, 5.74) is -0.0671. The molecule has 0 atom stereocenters. The average molecular weight is 172 g/mol. The molecule has 0 amide bonds. The number of phenols is 1. The third-order valence-electron chi connectivity index (χ3n) is 1.13. The van der Waals surface area contributed by atoms with Crippen LogP contribution in [0.25, 0.3) is 0 Å². The minimum Gasteiger partial charge on any atom is -0.507 e. The molecule has 0 saturated carbocycles. The van der Waals surface area contributed by atoms with E-state index in [-0.39, 0.29) is 11.3 Å². The maximum atomic E-state index is 10.3. The molecule has 0 fully saturated rings. The zero-order valence-electron chi connectivity index (χ0n) is 6.01. The van der Waals surface area contributed by atoms with E-state index >= 15 is 0 Å². The fourth-order valence-corrected chi connectivity index (χ4v) is 0.654. The first-order valence-corrected chi connectivity index (χ1v) is 2.93. The fraction of sp³-hybridized carbons (Fsp3) is 0. The van der Waals surface area contributed by atoms with E-state index in [1.807, 2.05) is 0 Å². The van der Waals surface area contributed by atoms with Gasteiger partial charge in [0.15, 0.2) is 0 Å². The summed E-state index contributed by atoms with van der Waals surface area (Å²) in [5, 5.41) is 29.3. The van der Waals surface area contributed by atoms with Crippen molar-refractivity contribution in [2.75, 3.05) is 0 Å². The SMILES string of the molecule is O=C(O)c1ccccc1O.OO. The van der Waals surface area contributed by atoms with Gasteiger partial charge in [0.2, 0.25) is 0 Å². The Labute approximate surface area is 68.1 Å². The Kier molecular flexibility index (Phi) is 4.43. The second kappa shape index (κ2) is 5.11. The standard InChI is InChI=1S/C7H6O3.H2O2/c8-6-4-2-1-3-5(6)7(9)10;1-2/h1-4,8H,(H,9,10);1-2H. The topological polar surface area (TPSA) is 98.0 Å². The molecule has 0 aliphatic carbocycles. The van der Waals surface area contributed by atoms with Gasteiger partial charge in [-0.3, -0.25) is 10.5 Å². The van der Waals surface area contributed by atoms with E-state index in [1.165, 1.54) is 12.1 Å². The van der Waals surface area contributed by atoms with E-state index < -0.39 is 5.97 Å². The second-order valence-electron chi connectivity index (χ2n) is 1.82. The Morgan fingerprint density at radius 2 is 1.67 bits per heavy atom. The van der Waals surface area contributed by atoms with Gasteiger partial charge in [0.25, 0.3) is 0 Å². The summed E-state index contributed by atoms with van der Waals surface area (Å²) in [6, 6.07) is 5.81. The molecule has 0 unspecified atom stereocenters. The number of para-hydroxylation sites is 1. The third-order valence-corrected chi connectivity index (χ3v) is 1.13. The zero-order chi connectivity index (χ0) is 9.56. The van der Waals surface area contributed by atoms with Gasteiger partial charge in [-0.2, -0.15) is 0 Å². The van der Waals surface area contributed by atoms with Crippen LogP contribution in [0.2, 0.25) is 0 Å². The van der Waals surface area contributed by atoms with Crippen molar-refractivity contribution in [3.63, 3.8) is 0 Å². The van der Waals surface area contributed by atoms with Gasteiger partial charge >= 0.3 is 5.97 Å². The molecule has 4 N–H and O–H groups in total. The van der Waals surface area contributed by atoms with E-state index in [9.17, 15) is 4.79 Å². The third kappa shape index (κ3) is 2.57. The Morgan fingerprint density at radius 1 is 1.17 bits per heavy atom. The molecule has 0 aromatic heterocycles. The Morgan fingerprint density at radius 3 is 2.00 bits per heavy atom. The van der Waals surface area contributed by atoms with Crippen LogP contribution in [0.15, 0.2) is 24.3 Å². The monoisotopic (exact) mass is 172 g/mol. The number of hydrogen-bond donors (Lipinski definition) is 4. The molecule has 0 radical (unpaired) electrons. The summed E-state index contributed by atoms with van der Waals surface area (Å²) >= 11 is 0. The lowest BCUT2D eigenvalue weighted by atomic mass is 10.2. The molecular formula is C7H8O5. The number of hydrogen-bond acceptors (Lipinski definition) is 4. The number of rotatable bonds is 1. The summed E-state index contributed by atoms with van der Waals surface area (Å²) in [4.78, 5) is 10.3. The van der Waals surface area contributed by atoms with Crippen LogP contribution in [-0.4, -0.2) is 26.7 Å². The molecule has 0 spiro atoms. The van der Waals surface area contributed by atoms with Gasteiger partial charge in [-0.1, -0.05) is 12.1 Å². The molecule has 0 saturated heterocycles. The fourth-order valence-electron chi connectivity index (χ4n) is 0.654. The first-order chi connectivity index (χ1) is 5.72. The maximum absolute atomic E-state index is 10.3. The lowest BCUT2D eigenvalue weighted by molar-refractivity contribution is -0.176. The highest BCUT2D eigenvalue weighted by atomic mass is 17.0. The van der Waals surface area contributed by atoms with E-state index in [1.54, 1.807) is 12.1 Å². The lowest BCUT2D eigenvalue weighted by Crippen LogP contribution is -1.95. The van der Waals surface area contributed by atoms with Crippen molar-refractivity contribution in [1.82, 2.24) is 0 Å². The van der Waals surface area contributed by atoms with Gasteiger partial charge in [0, 0.05) is 0 Å². The van der Waals surface area contributed by atoms with Crippen molar-refractivity contribution in [2.24, 2.45) is 0 Å². The zero-order valence-corrected chi connectivity index (χ0v) is 6.01. The van der Waals surface area contributed by atoms with Crippen LogP contribution in [0.5, 0.6) is 5.75 Å². The first kappa shape index (κ1) is 10.4. The number of aromatic hydroxyl groups is 1. The molecule has 1 aromatic rings. The minimum atomic E-state index is -1.11. The molecule has 5 nitrogen and oxygen atoms in total. The normalized spacial score (nSPS) is 8.17. The van der Waals surface area contributed by atoms with Gasteiger partial charge in [-0.15, -0.1) is 0 Å². The summed E-state index contributed by atoms with van der Waals surface area (Å²) < 4.78 is 0. The molecule has 66 valence electrons. The largest absolute Gasteiger partial charge is 0.507 e. The first-order valence-electron chi connectivity index (χ1n) is 2.93. The van der Waals surface area contributed by atoms with Crippen molar-refractivity contribution in [1.29, 1.82) is 0 Å². The van der Waals surface area contributed by atoms with E-state index in [0.717, 1.165) is 0 Å². The predicted molar refractivity (Wildman–Crippen MR) is 40.3 cm³/mol. The molecule has 1 rings (SSSR count). The van der Waals surface area contributed by atoms with Crippen LogP contribution < -0.4 is 0 Å². The Balaban J connectivity index is 0.000000561. The van der Waals surface area contributed by atoms with Crippen LogP contribution in [0.1, 0.15) is 10.4 Å². The lowest BCUT2D eigenvalue weighted by Gasteiger charge is -1.95. The van der Waals surface area contributed by atoms with Crippen LogP contribution in [0, 0.1) is 0 Å². The van der Waals surface area contributed by atoms with Crippen molar-refractivity contribution >= 4 is 5.97 Å². The average Bonchev–Trinajstić information content (AvgIpc) is 2.08. The van der Waals surface area contributed by atoms with Crippen LogP contribution in [-0.2, 0) is 0 Å². The van der Waals surface area contributed by atoms with Crippen molar-refractivity contribution in [3.05, 3.63) is 29.8 Å². The van der Waals surface area contributed by atoms with Crippen LogP contribution in [0.3, 0.4) is 0 Å². The Hall–Kier alpha value is -1.59. The number of aromatic carboxylic acids is 1. The molecule has 12 heavy (non-hydrogen) atoms. The van der Waals surface area contributed by atoms with Crippen molar-refractivity contribution < 1.29 is 25.5 Å². The highest BCUT2D eigenvalue weighted by Gasteiger charge is 2.05. The van der Waals surface area contributed by atoms with Gasteiger partial charge in [0.05, 0.1) is 0 Å². The summed E-state index contributed by atoms with van der Waals surface area (Å²) in [5.74, 6) is -1.31.